The molecule has 0 saturated heterocycles. The highest BCUT2D eigenvalue weighted by Gasteiger charge is 2.30. The Hall–Kier alpha value is -4.83. The summed E-state index contributed by atoms with van der Waals surface area (Å²) in [6.45, 7) is -0.289. The summed E-state index contributed by atoms with van der Waals surface area (Å²) in [6, 6.07) is 19.3. The molecule has 13 nitrogen and oxygen atoms in total. The molecular formula is C27H20BrFN6O7S. The maximum Gasteiger partial charge on any atom is 0.446 e. The molecule has 0 radical (unpaired) electrons. The van der Waals surface area contributed by atoms with Crippen LogP contribution in [0.25, 0.3) is 28.3 Å². The van der Waals surface area contributed by atoms with Crippen molar-refractivity contribution in [3.63, 3.8) is 0 Å². The number of fused-ring (bicyclic) bond motifs is 3. The van der Waals surface area contributed by atoms with Crippen LogP contribution in [-0.2, 0) is 14.8 Å². The summed E-state index contributed by atoms with van der Waals surface area (Å²) in [5, 5.41) is 13.8. The number of halogens is 2. The molecule has 220 valence electrons. The highest BCUT2D eigenvalue weighted by Crippen LogP contribution is 2.44. The molecule has 2 heterocycles. The normalized spacial score (nSPS) is 12.5. The predicted octanol–water partition coefficient (Wildman–Crippen LogP) is 4.06. The van der Waals surface area contributed by atoms with Crippen molar-refractivity contribution in [1.82, 2.24) is 24.8 Å². The zero-order chi connectivity index (χ0) is 30.1. The molecule has 0 unspecified atom stereocenters. The minimum atomic E-state index is -4.13. The van der Waals surface area contributed by atoms with Gasteiger partial charge in [-0.15, -0.1) is 0 Å². The smallest absolute Gasteiger partial charge is 0.446 e. The molecule has 0 spiro atoms. The van der Waals surface area contributed by atoms with Gasteiger partial charge in [-0.1, -0.05) is 53.7 Å². The Balaban J connectivity index is 1.08. The van der Waals surface area contributed by atoms with Crippen molar-refractivity contribution < 1.29 is 31.5 Å². The van der Waals surface area contributed by atoms with Crippen molar-refractivity contribution in [2.75, 3.05) is 24.2 Å². The van der Waals surface area contributed by atoms with Crippen LogP contribution >= 0.6 is 15.9 Å². The summed E-state index contributed by atoms with van der Waals surface area (Å²) in [6.07, 6.45) is -1.11. The van der Waals surface area contributed by atoms with Gasteiger partial charge < -0.3 is 10.1 Å². The van der Waals surface area contributed by atoms with E-state index in [0.29, 0.717) is 0 Å². The van der Waals surface area contributed by atoms with Gasteiger partial charge in [-0.3, -0.25) is 4.52 Å². The number of benzene rings is 3. The lowest BCUT2D eigenvalue weighted by Gasteiger charge is -2.14. The van der Waals surface area contributed by atoms with Crippen LogP contribution < -0.4 is 15.8 Å². The van der Waals surface area contributed by atoms with E-state index in [-0.39, 0.29) is 46.6 Å². The Morgan fingerprint density at radius 2 is 1.72 bits per heavy atom. The van der Waals surface area contributed by atoms with Crippen molar-refractivity contribution in [2.24, 2.45) is 0 Å². The second-order valence-electron chi connectivity index (χ2n) is 9.34. The van der Waals surface area contributed by atoms with Gasteiger partial charge in [0.2, 0.25) is 21.7 Å². The average Bonchev–Trinajstić information content (AvgIpc) is 3.68. The largest absolute Gasteiger partial charge is 0.448 e. The number of nitrogens with one attached hydrogen (secondary N) is 2. The Kier molecular flexibility index (Phi) is 7.53. The monoisotopic (exact) mass is 670 g/mol. The van der Waals surface area contributed by atoms with E-state index in [1.165, 1.54) is 12.1 Å². The number of ether oxygens (including phenoxy) is 1. The van der Waals surface area contributed by atoms with Crippen LogP contribution in [0, 0.1) is 5.82 Å². The van der Waals surface area contributed by atoms with E-state index in [0.717, 1.165) is 32.9 Å². The number of amides is 1. The molecule has 16 heteroatoms. The fourth-order valence-corrected chi connectivity index (χ4v) is 5.96. The van der Waals surface area contributed by atoms with E-state index < -0.39 is 33.4 Å². The molecule has 5 aromatic rings. The van der Waals surface area contributed by atoms with E-state index in [1.54, 1.807) is 0 Å². The number of rotatable bonds is 9. The molecule has 0 fully saturated rings. The minimum Gasteiger partial charge on any atom is -0.448 e. The molecule has 1 aliphatic rings. The quantitative estimate of drug-likeness (QED) is 0.232. The predicted molar refractivity (Wildman–Crippen MR) is 154 cm³/mol. The molecule has 0 aliphatic heterocycles. The van der Waals surface area contributed by atoms with E-state index in [2.05, 4.69) is 36.7 Å². The second kappa shape index (κ2) is 11.4. The zero-order valence-corrected chi connectivity index (χ0v) is 24.3. The van der Waals surface area contributed by atoms with Gasteiger partial charge in [0, 0.05) is 12.5 Å². The van der Waals surface area contributed by atoms with Crippen LogP contribution in [0.3, 0.4) is 0 Å². The third kappa shape index (κ3) is 5.65. The average molecular weight is 671 g/mol. The number of carbonyl (C=O) groups excluding carboxylic acids is 1. The fourth-order valence-electron chi connectivity index (χ4n) is 4.81. The third-order valence-corrected chi connectivity index (χ3v) is 8.54. The van der Waals surface area contributed by atoms with Gasteiger partial charge in [-0.2, -0.15) is 0 Å². The molecule has 3 aromatic carbocycles. The van der Waals surface area contributed by atoms with Crippen molar-refractivity contribution >= 4 is 37.9 Å². The van der Waals surface area contributed by atoms with Crippen LogP contribution in [0.1, 0.15) is 17.0 Å². The summed E-state index contributed by atoms with van der Waals surface area (Å²) < 4.78 is 56.7. The van der Waals surface area contributed by atoms with Gasteiger partial charge in [0.15, 0.2) is 5.69 Å². The SMILES string of the molecule is O=C(NS(=O)(=O)CCNc1nonc1-c1noc(=O)n1-c1ccc(F)c(Br)c1)OCC1c2ccccc2-c2ccccc21. The van der Waals surface area contributed by atoms with Crippen molar-refractivity contribution in [1.29, 1.82) is 0 Å². The van der Waals surface area contributed by atoms with E-state index >= 15 is 0 Å². The Morgan fingerprint density at radius 3 is 2.42 bits per heavy atom. The second-order valence-corrected chi connectivity index (χ2v) is 12.0. The minimum absolute atomic E-state index is 0.0500. The number of aromatic nitrogens is 4. The molecule has 2 N–H and O–H groups in total. The van der Waals surface area contributed by atoms with Gasteiger partial charge >= 0.3 is 11.8 Å². The maximum atomic E-state index is 13.7. The van der Waals surface area contributed by atoms with Crippen molar-refractivity contribution in [3.05, 3.63) is 98.7 Å². The Labute approximate surface area is 250 Å². The van der Waals surface area contributed by atoms with Crippen LogP contribution in [0.2, 0.25) is 0 Å². The first-order valence-corrected chi connectivity index (χ1v) is 15.1. The first-order valence-electron chi connectivity index (χ1n) is 12.7. The first kappa shape index (κ1) is 28.3. The maximum absolute atomic E-state index is 13.7. The van der Waals surface area contributed by atoms with E-state index in [1.807, 2.05) is 53.3 Å². The van der Waals surface area contributed by atoms with Gasteiger partial charge in [0.25, 0.3) is 0 Å². The number of anilines is 1. The van der Waals surface area contributed by atoms with E-state index in [9.17, 15) is 22.4 Å². The number of sulfonamides is 1. The number of hydrogen-bond donors (Lipinski definition) is 2. The summed E-state index contributed by atoms with van der Waals surface area (Å²) in [4.78, 5) is 24.8. The molecule has 43 heavy (non-hydrogen) atoms. The van der Waals surface area contributed by atoms with Crippen LogP contribution in [0.5, 0.6) is 0 Å². The summed E-state index contributed by atoms with van der Waals surface area (Å²) in [7, 11) is -4.13. The molecule has 0 saturated carbocycles. The van der Waals surface area contributed by atoms with Gasteiger partial charge in [0.05, 0.1) is 15.9 Å². The van der Waals surface area contributed by atoms with Crippen LogP contribution in [0.15, 0.2) is 85.1 Å². The number of hydrogen-bond acceptors (Lipinski definition) is 11. The van der Waals surface area contributed by atoms with E-state index in [4.69, 9.17) is 13.9 Å². The lowest BCUT2D eigenvalue weighted by atomic mass is 9.98. The van der Waals surface area contributed by atoms with Crippen molar-refractivity contribution in [2.45, 2.75) is 5.92 Å². The number of nitrogens with zero attached hydrogens (tertiary/aromatic N) is 4. The Morgan fingerprint density at radius 1 is 1.02 bits per heavy atom. The summed E-state index contributed by atoms with van der Waals surface area (Å²) in [5.41, 5.74) is 4.20. The number of carbonyl (C=O) groups is 1. The topological polar surface area (TPSA) is 171 Å². The molecule has 2 aromatic heterocycles. The molecule has 1 amide bonds. The lowest BCUT2D eigenvalue weighted by molar-refractivity contribution is 0.149. The Bertz CT molecular complexity index is 1960. The highest BCUT2D eigenvalue weighted by molar-refractivity contribution is 9.10. The zero-order valence-electron chi connectivity index (χ0n) is 21.9. The molecule has 6 rings (SSSR count). The van der Waals surface area contributed by atoms with Gasteiger partial charge in [-0.25, -0.2) is 36.3 Å². The highest BCUT2D eigenvalue weighted by atomic mass is 79.9. The molecular weight excluding hydrogens is 651 g/mol. The summed E-state index contributed by atoms with van der Waals surface area (Å²) >= 11 is 3.06. The molecule has 0 bridgehead atoms. The fraction of sp³-hybridized carbons (Fsp3) is 0.148. The van der Waals surface area contributed by atoms with Crippen LogP contribution in [0.4, 0.5) is 15.0 Å². The van der Waals surface area contributed by atoms with Gasteiger partial charge in [-0.05, 0) is 66.7 Å². The third-order valence-electron chi connectivity index (χ3n) is 6.71. The molecule has 1 aliphatic carbocycles. The standard InChI is InChI=1S/C27H20BrFN6O7S/c28-21-13-15(9-10-22(21)29)35-25(33-41-27(35)37)23-24(32-42-31-23)30-11-12-43(38,39)34-26(36)40-14-20-18-7-3-1-5-16(18)17-6-2-4-8-19(17)20/h1-10,13,20H,11-12,14H2,(H,30,32)(H,34,36). The summed E-state index contributed by atoms with van der Waals surface area (Å²) in [5.74, 6) is -2.41. The van der Waals surface area contributed by atoms with Crippen molar-refractivity contribution in [3.8, 4) is 28.3 Å². The lowest BCUT2D eigenvalue weighted by Crippen LogP contribution is -2.35. The van der Waals surface area contributed by atoms with Gasteiger partial charge in [0.1, 0.15) is 12.4 Å². The molecule has 0 atom stereocenters. The first-order chi connectivity index (χ1) is 20.7. The van der Waals surface area contributed by atoms with Crippen LogP contribution in [-0.4, -0.2) is 53.5 Å².